The van der Waals surface area contributed by atoms with Crippen molar-refractivity contribution in [1.29, 1.82) is 0 Å². The second-order valence-corrected chi connectivity index (χ2v) is 11.7. The fraction of sp³-hybridized carbons (Fsp3) is 0.452. The van der Waals surface area contributed by atoms with E-state index in [0.717, 1.165) is 41.9 Å². The van der Waals surface area contributed by atoms with Crippen molar-refractivity contribution in [2.45, 2.75) is 44.4 Å². The van der Waals surface area contributed by atoms with Crippen LogP contribution in [0.2, 0.25) is 0 Å². The van der Waals surface area contributed by atoms with Gasteiger partial charge in [0.25, 0.3) is 0 Å². The number of aliphatic carboxylic acids is 1. The second kappa shape index (κ2) is 14.5. The number of hydrogen-bond donors (Lipinski definition) is 2. The number of pyridine rings is 1. The standard InChI is InChI=1S/C29H33F2N7O2.C2HF3O2/c30-10-15-38(16-11-31)14-9-25-26(18-38)35-27(36-28(25)37-24-6-1-20(17-24)19-40-37)21-2-4-22(5-3-21)33-29(39)34-23-7-12-32-13-8-23;3-2(4,5)1(6)7/h2-5,7-8,12-13,20,24H,1,6,9-11,14-19H2,(H-,32,33,34,35,36,39);(H,6,7). The Morgan fingerprint density at radius 2 is 1.62 bits per heavy atom. The van der Waals surface area contributed by atoms with Crippen LogP contribution in [0.1, 0.15) is 30.5 Å². The number of nitrogens with zero attached hydrogens (tertiary/aromatic N) is 5. The van der Waals surface area contributed by atoms with Crippen LogP contribution in [0.5, 0.6) is 0 Å². The van der Waals surface area contributed by atoms with Crippen molar-refractivity contribution < 1.29 is 46.0 Å². The molecule has 0 radical (unpaired) electrons. The number of carboxylic acid groups (broad SMARTS) is 1. The van der Waals surface area contributed by atoms with E-state index in [4.69, 9.17) is 24.7 Å². The Morgan fingerprint density at radius 3 is 2.23 bits per heavy atom. The smallest absolute Gasteiger partial charge is 0.430 e. The van der Waals surface area contributed by atoms with Crippen molar-refractivity contribution in [2.75, 3.05) is 55.3 Å². The number of carbonyl (C=O) groups is 2. The minimum absolute atomic E-state index is 0.268. The van der Waals surface area contributed by atoms with Gasteiger partial charge in [-0.2, -0.15) is 13.2 Å². The number of urea groups is 1. The SMILES string of the molecule is O=C(Nc1ccncc1)Nc1ccc(-c2nc3c(c(N4OCC5CCC4C5)n2)CC[N+](CCF)(CCF)C3)cc1.O=C([O-])C(F)(F)F. The molecule has 1 aliphatic carbocycles. The summed E-state index contributed by atoms with van der Waals surface area (Å²) in [6.07, 6.45) is 1.96. The van der Waals surface area contributed by atoms with E-state index in [9.17, 15) is 26.7 Å². The highest BCUT2D eigenvalue weighted by molar-refractivity contribution is 5.99. The molecule has 2 fully saturated rings. The van der Waals surface area contributed by atoms with Crippen LogP contribution in [0.4, 0.5) is 43.9 Å². The lowest BCUT2D eigenvalue weighted by Gasteiger charge is -2.42. The van der Waals surface area contributed by atoms with Gasteiger partial charge >= 0.3 is 12.2 Å². The molecule has 16 heteroatoms. The van der Waals surface area contributed by atoms with E-state index in [1.807, 2.05) is 17.2 Å². The van der Waals surface area contributed by atoms with Crippen LogP contribution >= 0.6 is 0 Å². The van der Waals surface area contributed by atoms with Crippen molar-refractivity contribution >= 4 is 29.2 Å². The molecular weight excluding hydrogens is 629 g/mol. The molecule has 11 nitrogen and oxygen atoms in total. The van der Waals surface area contributed by atoms with Gasteiger partial charge in [0.2, 0.25) is 0 Å². The quantitative estimate of drug-likeness (QED) is 0.271. The van der Waals surface area contributed by atoms with Crippen LogP contribution in [-0.4, -0.2) is 83.2 Å². The zero-order valence-electron chi connectivity index (χ0n) is 25.3. The predicted octanol–water partition coefficient (Wildman–Crippen LogP) is 4.21. The van der Waals surface area contributed by atoms with E-state index in [2.05, 4.69) is 15.6 Å². The van der Waals surface area contributed by atoms with Crippen LogP contribution in [-0.2, 0) is 22.6 Å². The van der Waals surface area contributed by atoms with E-state index < -0.39 is 25.5 Å². The summed E-state index contributed by atoms with van der Waals surface area (Å²) in [5, 5.41) is 16.4. The van der Waals surface area contributed by atoms with Crippen molar-refractivity contribution in [3.63, 3.8) is 0 Å². The first-order valence-electron chi connectivity index (χ1n) is 15.2. The number of carbonyl (C=O) groups excluding carboxylic acids is 2. The molecule has 1 aromatic carbocycles. The first kappa shape index (κ1) is 33.9. The molecule has 2 atom stereocenters. The van der Waals surface area contributed by atoms with Crippen LogP contribution in [0.3, 0.4) is 0 Å². The van der Waals surface area contributed by atoms with E-state index in [1.54, 1.807) is 36.7 Å². The fourth-order valence-electron chi connectivity index (χ4n) is 6.18. The van der Waals surface area contributed by atoms with Crippen LogP contribution in [0.15, 0.2) is 48.8 Å². The molecular formula is C31H34F5N7O4. The summed E-state index contributed by atoms with van der Waals surface area (Å²) in [5.41, 5.74) is 3.89. The van der Waals surface area contributed by atoms with Crippen molar-refractivity contribution in [1.82, 2.24) is 15.0 Å². The van der Waals surface area contributed by atoms with E-state index in [-0.39, 0.29) is 25.2 Å². The number of hydroxylamine groups is 1. The average molecular weight is 664 g/mol. The Morgan fingerprint density at radius 1 is 0.979 bits per heavy atom. The number of benzene rings is 1. The number of amides is 2. The molecule has 2 unspecified atom stereocenters. The van der Waals surface area contributed by atoms with Crippen molar-refractivity contribution in [3.05, 3.63) is 60.0 Å². The maximum Gasteiger partial charge on any atom is 0.430 e. The molecule has 0 spiro atoms. The second-order valence-electron chi connectivity index (χ2n) is 11.7. The highest BCUT2D eigenvalue weighted by Crippen LogP contribution is 2.40. The lowest BCUT2D eigenvalue weighted by molar-refractivity contribution is -0.942. The summed E-state index contributed by atoms with van der Waals surface area (Å²) in [6.45, 7) is 1.33. The molecule has 4 heterocycles. The molecule has 1 saturated heterocycles. The van der Waals surface area contributed by atoms with Gasteiger partial charge in [-0.15, -0.1) is 0 Å². The molecule has 47 heavy (non-hydrogen) atoms. The number of aromatic nitrogens is 3. The Hall–Kier alpha value is -4.44. The normalized spacial score (nSPS) is 19.6. The molecule has 3 aliphatic rings. The number of carboxylic acids is 1. The van der Waals surface area contributed by atoms with Gasteiger partial charge in [-0.25, -0.2) is 28.6 Å². The third-order valence-corrected chi connectivity index (χ3v) is 8.58. The van der Waals surface area contributed by atoms with Crippen LogP contribution in [0.25, 0.3) is 11.4 Å². The summed E-state index contributed by atoms with van der Waals surface area (Å²) < 4.78 is 59.0. The van der Waals surface area contributed by atoms with Gasteiger partial charge in [-0.05, 0) is 61.6 Å². The van der Waals surface area contributed by atoms with Gasteiger partial charge in [0.1, 0.15) is 44.6 Å². The topological polar surface area (TPSA) is 132 Å². The minimum Gasteiger partial charge on any atom is -0.542 e. The third kappa shape index (κ3) is 8.29. The van der Waals surface area contributed by atoms with Crippen molar-refractivity contribution in [2.24, 2.45) is 5.92 Å². The molecule has 252 valence electrons. The number of quaternary nitrogens is 1. The van der Waals surface area contributed by atoms with Crippen LogP contribution in [0, 0.1) is 5.92 Å². The Kier molecular flexibility index (Phi) is 10.5. The summed E-state index contributed by atoms with van der Waals surface area (Å²) in [5.74, 6) is -1.10. The Balaban J connectivity index is 0.000000559. The average Bonchev–Trinajstić information content (AvgIpc) is 3.41. The number of halogens is 5. The third-order valence-electron chi connectivity index (χ3n) is 8.58. The Labute approximate surface area is 267 Å². The van der Waals surface area contributed by atoms with Gasteiger partial charge in [0.05, 0.1) is 19.2 Å². The molecule has 2 aliphatic heterocycles. The number of anilines is 3. The van der Waals surface area contributed by atoms with Gasteiger partial charge in [-0.1, -0.05) is 0 Å². The molecule has 1 saturated carbocycles. The zero-order chi connectivity index (χ0) is 33.6. The number of nitrogens with one attached hydrogen (secondary N) is 2. The zero-order valence-corrected chi connectivity index (χ0v) is 25.3. The van der Waals surface area contributed by atoms with E-state index in [1.165, 1.54) is 0 Å². The lowest BCUT2D eigenvalue weighted by atomic mass is 10.0. The summed E-state index contributed by atoms with van der Waals surface area (Å²) in [7, 11) is 0. The first-order chi connectivity index (χ1) is 22.5. The summed E-state index contributed by atoms with van der Waals surface area (Å²) in [4.78, 5) is 41.3. The number of fused-ring (bicyclic) bond motifs is 3. The van der Waals surface area contributed by atoms with Gasteiger partial charge in [0.15, 0.2) is 11.6 Å². The molecule has 2 aromatic heterocycles. The van der Waals surface area contributed by atoms with Gasteiger partial charge in [0, 0.05) is 41.3 Å². The predicted molar refractivity (Wildman–Crippen MR) is 159 cm³/mol. The molecule has 2 bridgehead atoms. The Bertz CT molecular complexity index is 1540. The van der Waals surface area contributed by atoms with E-state index >= 15 is 0 Å². The monoisotopic (exact) mass is 663 g/mol. The van der Waals surface area contributed by atoms with Crippen molar-refractivity contribution in [3.8, 4) is 11.4 Å². The maximum atomic E-state index is 13.6. The molecule has 2 amide bonds. The van der Waals surface area contributed by atoms with Gasteiger partial charge < -0.3 is 25.0 Å². The van der Waals surface area contributed by atoms with E-state index in [0.29, 0.717) is 53.7 Å². The minimum atomic E-state index is -5.19. The largest absolute Gasteiger partial charge is 0.542 e. The summed E-state index contributed by atoms with van der Waals surface area (Å²) >= 11 is 0. The van der Waals surface area contributed by atoms with Crippen LogP contribution < -0.4 is 20.8 Å². The number of rotatable bonds is 8. The summed E-state index contributed by atoms with van der Waals surface area (Å²) in [6, 6.07) is 10.7. The van der Waals surface area contributed by atoms with Gasteiger partial charge in [-0.3, -0.25) is 9.82 Å². The lowest BCUT2D eigenvalue weighted by Crippen LogP contribution is -2.54. The molecule has 3 aromatic rings. The fourth-order valence-corrected chi connectivity index (χ4v) is 6.18. The number of alkyl halides is 5. The first-order valence-corrected chi connectivity index (χ1v) is 15.2. The highest BCUT2D eigenvalue weighted by atomic mass is 19.4. The molecule has 6 rings (SSSR count). The molecule has 2 N–H and O–H groups in total. The maximum absolute atomic E-state index is 13.6. The number of hydrogen-bond acceptors (Lipinski definition) is 8. The highest BCUT2D eigenvalue weighted by Gasteiger charge is 2.41.